The molecule has 1 saturated heterocycles. The van der Waals surface area contributed by atoms with Gasteiger partial charge in [0.15, 0.2) is 5.41 Å². The number of rotatable bonds is 10. The van der Waals surface area contributed by atoms with Crippen LogP contribution in [0, 0.1) is 73.4 Å². The van der Waals surface area contributed by atoms with E-state index in [1.165, 1.54) is 6.92 Å². The average Bonchev–Trinajstić information content (AvgIpc) is 3.61. The Morgan fingerprint density at radius 2 is 1.43 bits per heavy atom. The van der Waals surface area contributed by atoms with Gasteiger partial charge >= 0.3 is 6.09 Å². The number of hydrogen-bond donors (Lipinski definition) is 0. The fourth-order valence-corrected chi connectivity index (χ4v) is 6.28. The molecule has 0 saturated carbocycles. The van der Waals surface area contributed by atoms with Crippen LogP contribution in [-0.4, -0.2) is 48.7 Å². The van der Waals surface area contributed by atoms with Crippen molar-refractivity contribution < 1.29 is 9.53 Å². The number of benzene rings is 2. The first-order chi connectivity index (χ1) is 25.8. The summed E-state index contributed by atoms with van der Waals surface area (Å²) >= 11 is 0. The van der Waals surface area contributed by atoms with Gasteiger partial charge in [-0.05, 0) is 61.1 Å². The summed E-state index contributed by atoms with van der Waals surface area (Å²) in [5.41, 5.74) is 3.31. The highest BCUT2D eigenvalue weighted by atomic mass is 16.6. The normalized spacial score (nSPS) is 15.8. The third kappa shape index (κ3) is 9.06. The molecule has 0 bridgehead atoms. The van der Waals surface area contributed by atoms with Crippen LogP contribution in [0.5, 0.6) is 0 Å². The van der Waals surface area contributed by atoms with Gasteiger partial charge in [-0.3, -0.25) is 0 Å². The molecule has 1 amide bonds. The Morgan fingerprint density at radius 3 is 1.98 bits per heavy atom. The average molecular weight is 697 g/mol. The molecule has 10 nitrogen and oxygen atoms in total. The molecule has 1 fully saturated rings. The number of allylic oxidation sites excluding steroid dienone is 13. The number of hydrogen-bond acceptors (Lipinski definition) is 9. The molecule has 4 rings (SSSR count). The molecule has 0 N–H and O–H groups in total. The predicted octanol–water partition coefficient (Wildman–Crippen LogP) is 7.83. The van der Waals surface area contributed by atoms with Crippen molar-refractivity contribution in [3.8, 4) is 36.4 Å². The second-order valence-electron chi connectivity index (χ2n) is 12.1. The Balaban J connectivity index is 1.79. The monoisotopic (exact) mass is 696 g/mol. The van der Waals surface area contributed by atoms with Crippen molar-refractivity contribution in [1.29, 1.82) is 31.6 Å². The van der Waals surface area contributed by atoms with E-state index in [2.05, 4.69) is 29.2 Å². The lowest BCUT2D eigenvalue weighted by Crippen LogP contribution is -2.48. The fourth-order valence-electron chi connectivity index (χ4n) is 6.28. The van der Waals surface area contributed by atoms with Crippen molar-refractivity contribution in [3.63, 3.8) is 0 Å². The van der Waals surface area contributed by atoms with Crippen molar-refractivity contribution in [3.05, 3.63) is 142 Å². The minimum absolute atomic E-state index is 0.166. The molecule has 0 radical (unpaired) electrons. The van der Waals surface area contributed by atoms with Gasteiger partial charge in [0, 0.05) is 43.0 Å². The van der Waals surface area contributed by atoms with Gasteiger partial charge in [0.25, 0.3) is 0 Å². The molecule has 53 heavy (non-hydrogen) atoms. The highest BCUT2D eigenvalue weighted by Gasteiger charge is 2.33. The first-order valence-electron chi connectivity index (χ1n) is 17.0. The number of ether oxygens (including phenoxy) is 1. The van der Waals surface area contributed by atoms with Crippen LogP contribution in [-0.2, 0) is 4.74 Å². The predicted molar refractivity (Wildman–Crippen MR) is 199 cm³/mol. The van der Waals surface area contributed by atoms with E-state index in [4.69, 9.17) is 4.74 Å². The molecular weight excluding hydrogens is 661 g/mol. The van der Waals surface area contributed by atoms with Gasteiger partial charge in [0.05, 0.1) is 42.0 Å². The van der Waals surface area contributed by atoms with Gasteiger partial charge in [-0.2, -0.15) is 31.6 Å². The van der Waals surface area contributed by atoms with E-state index in [0.717, 1.165) is 16.8 Å². The molecule has 1 heterocycles. The fraction of sp³-hybridized carbons (Fsp3) is 0.233. The van der Waals surface area contributed by atoms with Gasteiger partial charge in [0.1, 0.15) is 17.7 Å². The zero-order valence-electron chi connectivity index (χ0n) is 29.6. The Morgan fingerprint density at radius 1 is 0.811 bits per heavy atom. The van der Waals surface area contributed by atoms with Gasteiger partial charge in [-0.25, -0.2) is 4.79 Å². The van der Waals surface area contributed by atoms with Crippen molar-refractivity contribution in [2.24, 2.45) is 5.41 Å². The zero-order valence-corrected chi connectivity index (χ0v) is 29.6. The number of piperazine rings is 1. The quantitative estimate of drug-likeness (QED) is 0.177. The minimum atomic E-state index is -1.56. The van der Waals surface area contributed by atoms with Crippen LogP contribution in [0.15, 0.2) is 131 Å². The first-order valence-corrected chi connectivity index (χ1v) is 17.0. The highest BCUT2D eigenvalue weighted by Crippen LogP contribution is 2.38. The lowest BCUT2D eigenvalue weighted by atomic mass is 9.78. The van der Waals surface area contributed by atoms with E-state index in [9.17, 15) is 36.4 Å². The number of nitrogens with zero attached hydrogens (tertiary/aromatic N) is 8. The van der Waals surface area contributed by atoms with Crippen molar-refractivity contribution in [1.82, 2.24) is 9.80 Å². The van der Waals surface area contributed by atoms with Crippen molar-refractivity contribution in [2.75, 3.05) is 32.8 Å². The van der Waals surface area contributed by atoms with Gasteiger partial charge in [-0.1, -0.05) is 85.0 Å². The molecule has 10 heteroatoms. The topological polar surface area (TPSA) is 176 Å². The lowest BCUT2D eigenvalue weighted by Gasteiger charge is -2.37. The maximum absolute atomic E-state index is 12.4. The maximum atomic E-state index is 12.4. The molecule has 1 aliphatic heterocycles. The second kappa shape index (κ2) is 18.6. The van der Waals surface area contributed by atoms with Gasteiger partial charge in [-0.15, -0.1) is 0 Å². The molecule has 0 spiro atoms. The molecule has 0 unspecified atom stereocenters. The summed E-state index contributed by atoms with van der Waals surface area (Å²) in [7, 11) is 0. The minimum Gasteiger partial charge on any atom is -0.450 e. The third-order valence-electron chi connectivity index (χ3n) is 8.84. The molecule has 260 valence electrons. The molecule has 2 aliphatic rings. The summed E-state index contributed by atoms with van der Waals surface area (Å²) in [6, 6.07) is 30.1. The van der Waals surface area contributed by atoms with E-state index < -0.39 is 5.41 Å². The summed E-state index contributed by atoms with van der Waals surface area (Å²) in [6.07, 6.45) is 11.5. The van der Waals surface area contributed by atoms with E-state index in [-0.39, 0.29) is 35.0 Å². The Labute approximate surface area is 310 Å². The van der Waals surface area contributed by atoms with Crippen LogP contribution in [0.4, 0.5) is 4.79 Å². The van der Waals surface area contributed by atoms with Crippen LogP contribution >= 0.6 is 0 Å². The maximum Gasteiger partial charge on any atom is 0.409 e. The van der Waals surface area contributed by atoms with Crippen LogP contribution < -0.4 is 0 Å². The largest absolute Gasteiger partial charge is 0.450 e. The molecule has 0 aromatic heterocycles. The second-order valence-corrected chi connectivity index (χ2v) is 12.1. The van der Waals surface area contributed by atoms with E-state index >= 15 is 0 Å². The molecule has 0 atom stereocenters. The highest BCUT2D eigenvalue weighted by molar-refractivity contribution is 5.89. The Bertz CT molecular complexity index is 2160. The van der Waals surface area contributed by atoms with Crippen molar-refractivity contribution in [2.45, 2.75) is 26.7 Å². The Kier molecular flexibility index (Phi) is 13.5. The van der Waals surface area contributed by atoms with E-state index in [0.29, 0.717) is 55.7 Å². The SMILES string of the molecule is CCOC(=O)N1CCN(C2=C(/C=C/C=C(\C#N)C(=C(C#N)C#N)c3ccccc3)CC\C2=C/C=C/C(C#N)=C(\c2ccccc2)C(C)(C#N)C#N)CC1. The summed E-state index contributed by atoms with van der Waals surface area (Å²) < 4.78 is 5.21. The summed E-state index contributed by atoms with van der Waals surface area (Å²) in [4.78, 5) is 16.3. The van der Waals surface area contributed by atoms with Gasteiger partial charge in [0.2, 0.25) is 0 Å². The molecule has 1 aliphatic carbocycles. The standard InChI is InChI=1S/C43H36N8O2/c1-3-53-42(52)51-24-22-50(23-25-51)41-34(16-10-18-36(26-44)39(38(28-46)29-47)32-12-6-4-7-13-32)20-21-35(41)17-11-19-37(27-45)40(43(2,30-48)31-49)33-14-8-5-9-15-33/h4-19H,3,20-25H2,1-2H3/b16-10+,19-11+,35-17+,36-18+,40-37-. The smallest absolute Gasteiger partial charge is 0.409 e. The van der Waals surface area contributed by atoms with Crippen LogP contribution in [0.2, 0.25) is 0 Å². The number of amides is 1. The molecular formula is C43H36N8O2. The third-order valence-corrected chi connectivity index (χ3v) is 8.84. The zero-order chi connectivity index (χ0) is 38.2. The summed E-state index contributed by atoms with van der Waals surface area (Å²) in [5.74, 6) is 0. The first kappa shape index (κ1) is 38.4. The number of nitriles is 6. The number of carbonyl (C=O) groups is 1. The van der Waals surface area contributed by atoms with Crippen LogP contribution in [0.25, 0.3) is 11.1 Å². The van der Waals surface area contributed by atoms with Crippen molar-refractivity contribution >= 4 is 17.2 Å². The van der Waals surface area contributed by atoms with Crippen LogP contribution in [0.1, 0.15) is 37.8 Å². The van der Waals surface area contributed by atoms with Gasteiger partial charge < -0.3 is 14.5 Å². The molecule has 2 aromatic rings. The lowest BCUT2D eigenvalue weighted by molar-refractivity contribution is 0.0873. The molecule has 2 aromatic carbocycles. The number of carbonyl (C=O) groups excluding carboxylic acids is 1. The van der Waals surface area contributed by atoms with Crippen LogP contribution in [0.3, 0.4) is 0 Å². The van der Waals surface area contributed by atoms with E-state index in [1.54, 1.807) is 84.7 Å². The van der Waals surface area contributed by atoms with E-state index in [1.807, 2.05) is 36.4 Å². The summed E-state index contributed by atoms with van der Waals surface area (Å²) in [6.45, 7) is 5.56. The summed E-state index contributed by atoms with van der Waals surface area (Å²) in [5, 5.41) is 59.6. The Hall–Kier alpha value is -7.37.